The number of carbonyl (C=O) groups is 1. The van der Waals surface area contributed by atoms with Gasteiger partial charge in [0.2, 0.25) is 0 Å². The molecule has 0 bridgehead atoms. The molecule has 0 unspecified atom stereocenters. The van der Waals surface area contributed by atoms with Crippen LogP contribution in [0.1, 0.15) is 5.56 Å². The Morgan fingerprint density at radius 2 is 2.05 bits per heavy atom. The average molecular weight is 350 g/mol. The van der Waals surface area contributed by atoms with E-state index < -0.39 is 12.0 Å². The van der Waals surface area contributed by atoms with Gasteiger partial charge in [-0.25, -0.2) is 0 Å². The SMILES string of the molecule is COc1cc(CSC[C@H](N)C(=O)O)c(OC)cc1Br. The lowest BCUT2D eigenvalue weighted by molar-refractivity contribution is -0.137. The van der Waals surface area contributed by atoms with Crippen molar-refractivity contribution in [2.24, 2.45) is 5.73 Å². The molecule has 19 heavy (non-hydrogen) atoms. The zero-order chi connectivity index (χ0) is 14.4. The molecule has 5 nitrogen and oxygen atoms in total. The summed E-state index contributed by atoms with van der Waals surface area (Å²) in [5.74, 6) is 1.39. The fourth-order valence-electron chi connectivity index (χ4n) is 1.40. The molecule has 1 rings (SSSR count). The number of halogens is 1. The molecule has 0 aliphatic carbocycles. The lowest BCUT2D eigenvalue weighted by atomic mass is 10.2. The van der Waals surface area contributed by atoms with E-state index in [4.69, 9.17) is 20.3 Å². The molecule has 106 valence electrons. The fraction of sp³-hybridized carbons (Fsp3) is 0.417. The summed E-state index contributed by atoms with van der Waals surface area (Å²) in [6.45, 7) is 0. The molecule has 0 amide bonds. The fourth-order valence-corrected chi connectivity index (χ4v) is 2.85. The maximum absolute atomic E-state index is 10.6. The van der Waals surface area contributed by atoms with Crippen molar-refractivity contribution >= 4 is 33.7 Å². The molecule has 0 radical (unpaired) electrons. The lowest BCUT2D eigenvalue weighted by Gasteiger charge is -2.12. The molecule has 0 aromatic heterocycles. The molecule has 1 aromatic rings. The van der Waals surface area contributed by atoms with Crippen molar-refractivity contribution in [1.82, 2.24) is 0 Å². The molecule has 0 heterocycles. The summed E-state index contributed by atoms with van der Waals surface area (Å²) in [6, 6.07) is 2.84. The minimum atomic E-state index is -0.993. The molecular weight excluding hydrogens is 334 g/mol. The minimum Gasteiger partial charge on any atom is -0.496 e. The number of ether oxygens (including phenoxy) is 2. The lowest BCUT2D eigenvalue weighted by Crippen LogP contribution is -2.32. The summed E-state index contributed by atoms with van der Waals surface area (Å²) in [5, 5.41) is 8.71. The summed E-state index contributed by atoms with van der Waals surface area (Å²) in [7, 11) is 3.18. The van der Waals surface area contributed by atoms with Gasteiger partial charge in [-0.3, -0.25) is 4.79 Å². The molecule has 0 spiro atoms. The standard InChI is InChI=1S/C12H16BrNO4S/c1-17-10-4-8(13)11(18-2)3-7(10)5-19-6-9(14)12(15)16/h3-4,9H,5-6,14H2,1-2H3,(H,15,16)/t9-/m0/s1. The van der Waals surface area contributed by atoms with Gasteiger partial charge in [0.15, 0.2) is 0 Å². The van der Waals surface area contributed by atoms with E-state index in [0.29, 0.717) is 17.3 Å². The van der Waals surface area contributed by atoms with Crippen LogP contribution in [0.15, 0.2) is 16.6 Å². The van der Waals surface area contributed by atoms with Gasteiger partial charge in [-0.05, 0) is 28.1 Å². The van der Waals surface area contributed by atoms with Crippen molar-refractivity contribution in [1.29, 1.82) is 0 Å². The number of aliphatic carboxylic acids is 1. The summed E-state index contributed by atoms with van der Waals surface area (Å²) in [4.78, 5) is 10.6. The Labute approximate surface area is 124 Å². The number of benzene rings is 1. The Hall–Kier alpha value is -0.920. The predicted molar refractivity (Wildman–Crippen MR) is 79.0 cm³/mol. The second kappa shape index (κ2) is 7.62. The number of nitrogens with two attached hydrogens (primary N) is 1. The molecule has 0 saturated heterocycles. The van der Waals surface area contributed by atoms with Crippen molar-refractivity contribution < 1.29 is 19.4 Å². The first kappa shape index (κ1) is 16.1. The number of carboxylic acid groups (broad SMARTS) is 1. The largest absolute Gasteiger partial charge is 0.496 e. The topological polar surface area (TPSA) is 81.8 Å². The third kappa shape index (κ3) is 4.59. The van der Waals surface area contributed by atoms with Crippen molar-refractivity contribution in [3.63, 3.8) is 0 Å². The van der Waals surface area contributed by atoms with Crippen LogP contribution in [0.2, 0.25) is 0 Å². The highest BCUT2D eigenvalue weighted by Crippen LogP contribution is 2.34. The van der Waals surface area contributed by atoms with Crippen molar-refractivity contribution in [3.8, 4) is 11.5 Å². The first-order chi connectivity index (χ1) is 8.99. The number of carboxylic acids is 1. The Morgan fingerprint density at radius 1 is 1.42 bits per heavy atom. The van der Waals surface area contributed by atoms with Gasteiger partial charge in [-0.15, -0.1) is 0 Å². The van der Waals surface area contributed by atoms with Crippen LogP contribution < -0.4 is 15.2 Å². The Balaban J connectivity index is 2.74. The van der Waals surface area contributed by atoms with Crippen LogP contribution in [0, 0.1) is 0 Å². The molecule has 0 saturated carbocycles. The quantitative estimate of drug-likeness (QED) is 0.784. The summed E-state index contributed by atoms with van der Waals surface area (Å²) in [6.07, 6.45) is 0. The number of hydrogen-bond donors (Lipinski definition) is 2. The van der Waals surface area contributed by atoms with Gasteiger partial charge in [-0.1, -0.05) is 0 Å². The third-order valence-electron chi connectivity index (χ3n) is 2.43. The van der Waals surface area contributed by atoms with Gasteiger partial charge in [0.25, 0.3) is 0 Å². The molecule has 0 aliphatic rings. The van der Waals surface area contributed by atoms with Crippen LogP contribution in [-0.4, -0.2) is 37.1 Å². The van der Waals surface area contributed by atoms with Crippen molar-refractivity contribution in [3.05, 3.63) is 22.2 Å². The highest BCUT2D eigenvalue weighted by Gasteiger charge is 2.13. The van der Waals surface area contributed by atoms with E-state index in [1.807, 2.05) is 12.1 Å². The second-order valence-corrected chi connectivity index (χ2v) is 5.64. The second-order valence-electron chi connectivity index (χ2n) is 3.76. The number of thioether (sulfide) groups is 1. The molecule has 1 atom stereocenters. The summed E-state index contributed by atoms with van der Waals surface area (Å²) >= 11 is 4.82. The minimum absolute atomic E-state index is 0.344. The zero-order valence-corrected chi connectivity index (χ0v) is 13.1. The summed E-state index contributed by atoms with van der Waals surface area (Å²) < 4.78 is 11.3. The van der Waals surface area contributed by atoms with E-state index in [1.54, 1.807) is 14.2 Å². The monoisotopic (exact) mass is 349 g/mol. The molecule has 0 fully saturated rings. The van der Waals surface area contributed by atoms with E-state index >= 15 is 0 Å². The number of methoxy groups -OCH3 is 2. The van der Waals surface area contributed by atoms with Crippen LogP contribution in [0.4, 0.5) is 0 Å². The van der Waals surface area contributed by atoms with Gasteiger partial charge in [0.1, 0.15) is 17.5 Å². The van der Waals surface area contributed by atoms with E-state index in [2.05, 4.69) is 15.9 Å². The smallest absolute Gasteiger partial charge is 0.321 e. The van der Waals surface area contributed by atoms with E-state index in [0.717, 1.165) is 15.8 Å². The van der Waals surface area contributed by atoms with Crippen LogP contribution in [0.5, 0.6) is 11.5 Å². The highest BCUT2D eigenvalue weighted by molar-refractivity contribution is 9.10. The van der Waals surface area contributed by atoms with E-state index in [9.17, 15) is 4.79 Å². The van der Waals surface area contributed by atoms with Crippen LogP contribution >= 0.6 is 27.7 Å². The predicted octanol–water partition coefficient (Wildman–Crippen LogP) is 2.11. The van der Waals surface area contributed by atoms with Crippen LogP contribution in [-0.2, 0) is 10.5 Å². The summed E-state index contributed by atoms with van der Waals surface area (Å²) in [5.41, 5.74) is 6.38. The molecule has 0 aliphatic heterocycles. The molecule has 7 heteroatoms. The first-order valence-electron chi connectivity index (χ1n) is 5.46. The highest BCUT2D eigenvalue weighted by atomic mass is 79.9. The zero-order valence-electron chi connectivity index (χ0n) is 10.7. The Kier molecular flexibility index (Phi) is 6.47. The molecule has 3 N–H and O–H groups in total. The van der Waals surface area contributed by atoms with E-state index in [1.165, 1.54) is 11.8 Å². The van der Waals surface area contributed by atoms with Gasteiger partial charge in [0, 0.05) is 17.1 Å². The molecule has 1 aromatic carbocycles. The van der Waals surface area contributed by atoms with Gasteiger partial charge < -0.3 is 20.3 Å². The van der Waals surface area contributed by atoms with E-state index in [-0.39, 0.29) is 0 Å². The normalized spacial score (nSPS) is 12.0. The van der Waals surface area contributed by atoms with Crippen molar-refractivity contribution in [2.75, 3.05) is 20.0 Å². The number of hydrogen-bond acceptors (Lipinski definition) is 5. The first-order valence-corrected chi connectivity index (χ1v) is 7.41. The maximum Gasteiger partial charge on any atom is 0.321 e. The Morgan fingerprint density at radius 3 is 2.58 bits per heavy atom. The Bertz CT molecular complexity index is 456. The van der Waals surface area contributed by atoms with Gasteiger partial charge in [0.05, 0.1) is 18.7 Å². The number of rotatable bonds is 7. The van der Waals surface area contributed by atoms with Crippen LogP contribution in [0.3, 0.4) is 0 Å². The van der Waals surface area contributed by atoms with Crippen LogP contribution in [0.25, 0.3) is 0 Å². The van der Waals surface area contributed by atoms with Crippen molar-refractivity contribution in [2.45, 2.75) is 11.8 Å². The average Bonchev–Trinajstić information content (AvgIpc) is 2.39. The molecular formula is C12H16BrNO4S. The third-order valence-corrected chi connectivity index (χ3v) is 4.16. The maximum atomic E-state index is 10.6. The van der Waals surface area contributed by atoms with Gasteiger partial charge in [-0.2, -0.15) is 11.8 Å². The van der Waals surface area contributed by atoms with Gasteiger partial charge >= 0.3 is 5.97 Å².